The highest BCUT2D eigenvalue weighted by atomic mass is 35.5. The summed E-state index contributed by atoms with van der Waals surface area (Å²) >= 11 is 6.17. The second-order valence-corrected chi connectivity index (χ2v) is 6.06. The highest BCUT2D eigenvalue weighted by molar-refractivity contribution is 6.31. The van der Waals surface area contributed by atoms with E-state index in [2.05, 4.69) is 13.8 Å². The van der Waals surface area contributed by atoms with Gasteiger partial charge in [0.2, 0.25) is 0 Å². The molecule has 3 unspecified atom stereocenters. The minimum Gasteiger partial charge on any atom is -0.392 e. The molecule has 1 saturated carbocycles. The summed E-state index contributed by atoms with van der Waals surface area (Å²) in [7, 11) is 0. The molecule has 2 rings (SSSR count). The molecule has 0 aliphatic heterocycles. The smallest absolute Gasteiger partial charge is 0.0654 e. The summed E-state index contributed by atoms with van der Waals surface area (Å²) in [5.74, 6) is 0.280. The predicted octanol–water partition coefficient (Wildman–Crippen LogP) is 2.79. The maximum Gasteiger partial charge on any atom is 0.0654 e. The number of nitrogens with two attached hydrogens (primary N) is 1. The van der Waals surface area contributed by atoms with Crippen molar-refractivity contribution in [3.8, 4) is 0 Å². The van der Waals surface area contributed by atoms with Gasteiger partial charge in [0.1, 0.15) is 0 Å². The highest BCUT2D eigenvalue weighted by Gasteiger charge is 2.51. The van der Waals surface area contributed by atoms with Crippen LogP contribution in [-0.2, 0) is 0 Å². The van der Waals surface area contributed by atoms with E-state index in [0.29, 0.717) is 17.5 Å². The van der Waals surface area contributed by atoms with Crippen molar-refractivity contribution in [2.45, 2.75) is 32.3 Å². The van der Waals surface area contributed by atoms with E-state index in [1.165, 1.54) is 0 Å². The average molecular weight is 254 g/mol. The Bertz CT molecular complexity index is 405. The molecule has 1 fully saturated rings. The Morgan fingerprint density at radius 1 is 1.47 bits per heavy atom. The zero-order chi connectivity index (χ0) is 12.6. The summed E-state index contributed by atoms with van der Waals surface area (Å²) in [5.41, 5.74) is 7.02. The molecule has 0 bridgehead atoms. The van der Waals surface area contributed by atoms with E-state index in [1.54, 1.807) is 0 Å². The van der Waals surface area contributed by atoms with Crippen LogP contribution in [0.4, 0.5) is 0 Å². The van der Waals surface area contributed by atoms with Gasteiger partial charge in [-0.1, -0.05) is 43.6 Å². The highest BCUT2D eigenvalue weighted by Crippen LogP contribution is 2.55. The Kier molecular flexibility index (Phi) is 3.48. The van der Waals surface area contributed by atoms with Gasteiger partial charge in [-0.25, -0.2) is 0 Å². The molecule has 17 heavy (non-hydrogen) atoms. The van der Waals surface area contributed by atoms with E-state index in [4.69, 9.17) is 17.3 Å². The first-order valence-electron chi connectivity index (χ1n) is 6.10. The summed E-state index contributed by atoms with van der Waals surface area (Å²) in [5, 5.41) is 11.1. The molecule has 0 saturated heterocycles. The van der Waals surface area contributed by atoms with E-state index < -0.39 is 6.10 Å². The van der Waals surface area contributed by atoms with Crippen LogP contribution >= 0.6 is 11.6 Å². The van der Waals surface area contributed by atoms with Crippen LogP contribution < -0.4 is 5.73 Å². The van der Waals surface area contributed by atoms with E-state index in [9.17, 15) is 5.11 Å². The molecule has 2 nitrogen and oxygen atoms in total. The Balaban J connectivity index is 2.20. The van der Waals surface area contributed by atoms with E-state index >= 15 is 0 Å². The summed E-state index contributed by atoms with van der Waals surface area (Å²) in [4.78, 5) is 0. The van der Waals surface area contributed by atoms with Gasteiger partial charge in [-0.15, -0.1) is 0 Å². The van der Waals surface area contributed by atoms with Crippen molar-refractivity contribution in [2.75, 3.05) is 6.54 Å². The molecule has 3 N–H and O–H groups in total. The summed E-state index contributed by atoms with van der Waals surface area (Å²) in [6.07, 6.45) is 0.671. The van der Waals surface area contributed by atoms with Crippen LogP contribution in [0.5, 0.6) is 0 Å². The third kappa shape index (κ3) is 2.49. The van der Waals surface area contributed by atoms with Gasteiger partial charge in [-0.05, 0) is 29.4 Å². The molecule has 0 radical (unpaired) electrons. The van der Waals surface area contributed by atoms with Crippen LogP contribution in [0.1, 0.15) is 31.7 Å². The van der Waals surface area contributed by atoms with Gasteiger partial charge < -0.3 is 10.8 Å². The lowest BCUT2D eigenvalue weighted by atomic mass is 9.88. The fraction of sp³-hybridized carbons (Fsp3) is 0.571. The molecule has 3 atom stereocenters. The van der Waals surface area contributed by atoms with E-state index in [1.807, 2.05) is 24.3 Å². The molecule has 1 aromatic carbocycles. The molecule has 1 aliphatic carbocycles. The predicted molar refractivity (Wildman–Crippen MR) is 71.1 cm³/mol. The Morgan fingerprint density at radius 3 is 2.53 bits per heavy atom. The summed E-state index contributed by atoms with van der Waals surface area (Å²) in [6, 6.07) is 7.64. The Labute approximate surface area is 108 Å². The van der Waals surface area contributed by atoms with Crippen molar-refractivity contribution in [1.29, 1.82) is 0 Å². The van der Waals surface area contributed by atoms with Crippen molar-refractivity contribution in [2.24, 2.45) is 17.1 Å². The third-order valence-electron chi connectivity index (χ3n) is 3.97. The SMILES string of the molecule is CC1(C)CC1C(O)C(CN)c1ccccc1Cl. The first kappa shape index (κ1) is 12.9. The number of hydrogen-bond acceptors (Lipinski definition) is 2. The fourth-order valence-corrected chi connectivity index (χ4v) is 2.87. The second kappa shape index (κ2) is 4.60. The van der Waals surface area contributed by atoms with Gasteiger partial charge in [0, 0.05) is 17.5 Å². The fourth-order valence-electron chi connectivity index (χ4n) is 2.60. The van der Waals surface area contributed by atoms with Crippen molar-refractivity contribution in [3.05, 3.63) is 34.9 Å². The minimum atomic E-state index is -0.394. The van der Waals surface area contributed by atoms with Crippen molar-refractivity contribution >= 4 is 11.6 Å². The molecule has 0 heterocycles. The number of halogens is 1. The number of benzene rings is 1. The summed E-state index contributed by atoms with van der Waals surface area (Å²) < 4.78 is 0. The topological polar surface area (TPSA) is 46.2 Å². The van der Waals surface area contributed by atoms with Crippen LogP contribution in [0, 0.1) is 11.3 Å². The normalized spacial score (nSPS) is 25.4. The Morgan fingerprint density at radius 2 is 2.06 bits per heavy atom. The number of aliphatic hydroxyl groups is 1. The van der Waals surface area contributed by atoms with Crippen molar-refractivity contribution in [3.63, 3.8) is 0 Å². The van der Waals surface area contributed by atoms with Crippen LogP contribution in [-0.4, -0.2) is 17.8 Å². The molecular weight excluding hydrogens is 234 g/mol. The van der Waals surface area contributed by atoms with Crippen molar-refractivity contribution < 1.29 is 5.11 Å². The maximum absolute atomic E-state index is 10.4. The molecule has 0 spiro atoms. The minimum absolute atomic E-state index is 0.0597. The quantitative estimate of drug-likeness (QED) is 0.867. The van der Waals surface area contributed by atoms with Crippen LogP contribution in [0.25, 0.3) is 0 Å². The molecule has 0 amide bonds. The molecular formula is C14H20ClNO. The monoisotopic (exact) mass is 253 g/mol. The van der Waals surface area contributed by atoms with Gasteiger partial charge in [-0.3, -0.25) is 0 Å². The van der Waals surface area contributed by atoms with Gasteiger partial charge in [0.15, 0.2) is 0 Å². The molecule has 94 valence electrons. The van der Waals surface area contributed by atoms with E-state index in [0.717, 1.165) is 12.0 Å². The molecule has 1 aliphatic rings. The second-order valence-electron chi connectivity index (χ2n) is 5.65. The maximum atomic E-state index is 10.4. The number of aliphatic hydroxyl groups excluding tert-OH is 1. The first-order valence-corrected chi connectivity index (χ1v) is 6.47. The lowest BCUT2D eigenvalue weighted by Crippen LogP contribution is -2.29. The molecule has 1 aromatic rings. The average Bonchev–Trinajstić information content (AvgIpc) is 2.91. The largest absolute Gasteiger partial charge is 0.392 e. The standard InChI is InChI=1S/C14H20ClNO/c1-14(2)7-11(14)13(17)10(8-16)9-5-3-4-6-12(9)15/h3-6,10-11,13,17H,7-8,16H2,1-2H3. The number of hydrogen-bond donors (Lipinski definition) is 2. The zero-order valence-corrected chi connectivity index (χ0v) is 11.1. The first-order chi connectivity index (χ1) is 7.97. The van der Waals surface area contributed by atoms with Crippen LogP contribution in [0.3, 0.4) is 0 Å². The zero-order valence-electron chi connectivity index (χ0n) is 10.4. The van der Waals surface area contributed by atoms with Crippen LogP contribution in [0.15, 0.2) is 24.3 Å². The molecule has 0 aromatic heterocycles. The van der Waals surface area contributed by atoms with E-state index in [-0.39, 0.29) is 11.3 Å². The lowest BCUT2D eigenvalue weighted by molar-refractivity contribution is 0.109. The Hall–Kier alpha value is -0.570. The lowest BCUT2D eigenvalue weighted by Gasteiger charge is -2.24. The van der Waals surface area contributed by atoms with Crippen molar-refractivity contribution in [1.82, 2.24) is 0 Å². The number of rotatable bonds is 4. The van der Waals surface area contributed by atoms with Gasteiger partial charge in [-0.2, -0.15) is 0 Å². The van der Waals surface area contributed by atoms with Gasteiger partial charge >= 0.3 is 0 Å². The molecule has 3 heteroatoms. The van der Waals surface area contributed by atoms with Crippen LogP contribution in [0.2, 0.25) is 5.02 Å². The third-order valence-corrected chi connectivity index (χ3v) is 4.32. The van der Waals surface area contributed by atoms with Gasteiger partial charge in [0.25, 0.3) is 0 Å². The summed E-state index contributed by atoms with van der Waals surface area (Å²) in [6.45, 7) is 4.79. The van der Waals surface area contributed by atoms with Gasteiger partial charge in [0.05, 0.1) is 6.10 Å².